The first kappa shape index (κ1) is 8.13. The van der Waals surface area contributed by atoms with E-state index >= 15 is 0 Å². The molecule has 13 heavy (non-hydrogen) atoms. The van der Waals surface area contributed by atoms with Crippen LogP contribution in [-0.4, -0.2) is 9.97 Å². The third kappa shape index (κ3) is 1.51. The molecular formula is C10H11N3. The highest BCUT2D eigenvalue weighted by molar-refractivity contribution is 5.74. The van der Waals surface area contributed by atoms with Crippen LogP contribution in [0.25, 0.3) is 11.0 Å². The third-order valence-corrected chi connectivity index (χ3v) is 1.96. The second kappa shape index (κ2) is 3.11. The summed E-state index contributed by atoms with van der Waals surface area (Å²) in [6.45, 7) is 2.48. The highest BCUT2D eigenvalue weighted by atomic mass is 14.8. The predicted molar refractivity (Wildman–Crippen MR) is 52.2 cm³/mol. The van der Waals surface area contributed by atoms with Gasteiger partial charge in [0.25, 0.3) is 0 Å². The van der Waals surface area contributed by atoms with Crippen LogP contribution >= 0.6 is 0 Å². The number of benzene rings is 1. The number of hydrogen-bond acceptors (Lipinski definition) is 3. The monoisotopic (exact) mass is 173 g/mol. The van der Waals surface area contributed by atoms with Crippen LogP contribution in [0.5, 0.6) is 0 Å². The van der Waals surface area contributed by atoms with Crippen LogP contribution in [0.4, 0.5) is 0 Å². The van der Waals surface area contributed by atoms with Crippen LogP contribution < -0.4 is 5.73 Å². The van der Waals surface area contributed by atoms with E-state index in [2.05, 4.69) is 9.97 Å². The largest absolute Gasteiger partial charge is 0.325 e. The fourth-order valence-electron chi connectivity index (χ4n) is 1.26. The maximum Gasteiger partial charge on any atom is 0.0893 e. The summed E-state index contributed by atoms with van der Waals surface area (Å²) in [6.07, 6.45) is 1.72. The van der Waals surface area contributed by atoms with Crippen molar-refractivity contribution in [2.24, 2.45) is 5.73 Å². The van der Waals surface area contributed by atoms with Gasteiger partial charge in [0.2, 0.25) is 0 Å². The van der Waals surface area contributed by atoms with Crippen molar-refractivity contribution in [2.75, 3.05) is 0 Å². The van der Waals surface area contributed by atoms with Crippen LogP contribution in [-0.2, 0) is 6.54 Å². The van der Waals surface area contributed by atoms with Gasteiger partial charge in [0.15, 0.2) is 0 Å². The Bertz CT molecular complexity index is 437. The number of aromatic nitrogens is 2. The van der Waals surface area contributed by atoms with E-state index in [1.807, 2.05) is 25.1 Å². The summed E-state index contributed by atoms with van der Waals surface area (Å²) in [5.74, 6) is 0. The molecule has 1 aromatic carbocycles. The zero-order chi connectivity index (χ0) is 9.26. The molecule has 3 nitrogen and oxygen atoms in total. The highest BCUT2D eigenvalue weighted by Gasteiger charge is 1.97. The number of nitrogens with two attached hydrogens (primary N) is 1. The van der Waals surface area contributed by atoms with Gasteiger partial charge in [0.05, 0.1) is 22.9 Å². The van der Waals surface area contributed by atoms with Crippen LogP contribution in [0, 0.1) is 6.92 Å². The first-order chi connectivity index (χ1) is 6.29. The van der Waals surface area contributed by atoms with Gasteiger partial charge in [-0.25, -0.2) is 4.98 Å². The van der Waals surface area contributed by atoms with Gasteiger partial charge in [-0.05, 0) is 24.6 Å². The molecule has 0 aliphatic rings. The van der Waals surface area contributed by atoms with Crippen molar-refractivity contribution in [1.29, 1.82) is 0 Å². The van der Waals surface area contributed by atoms with Crippen molar-refractivity contribution in [1.82, 2.24) is 9.97 Å². The Morgan fingerprint density at radius 2 is 2.15 bits per heavy atom. The first-order valence-electron chi connectivity index (χ1n) is 4.22. The van der Waals surface area contributed by atoms with Crippen molar-refractivity contribution in [3.8, 4) is 0 Å². The molecule has 2 N–H and O–H groups in total. The van der Waals surface area contributed by atoms with Crippen molar-refractivity contribution in [2.45, 2.75) is 13.5 Å². The molecule has 3 heteroatoms. The second-order valence-electron chi connectivity index (χ2n) is 3.06. The Labute approximate surface area is 76.6 Å². The predicted octanol–water partition coefficient (Wildman–Crippen LogP) is 1.40. The lowest BCUT2D eigenvalue weighted by Gasteiger charge is -2.00. The smallest absolute Gasteiger partial charge is 0.0893 e. The average Bonchev–Trinajstić information content (AvgIpc) is 2.16. The molecule has 0 aliphatic carbocycles. The summed E-state index contributed by atoms with van der Waals surface area (Å²) < 4.78 is 0. The Hall–Kier alpha value is -1.48. The molecule has 66 valence electrons. The summed E-state index contributed by atoms with van der Waals surface area (Å²) in [7, 11) is 0. The van der Waals surface area contributed by atoms with Crippen LogP contribution in [0.3, 0.4) is 0 Å². The number of hydrogen-bond donors (Lipinski definition) is 1. The Morgan fingerprint density at radius 3 is 2.92 bits per heavy atom. The lowest BCUT2D eigenvalue weighted by atomic mass is 10.2. The van der Waals surface area contributed by atoms with Gasteiger partial charge in [0, 0.05) is 6.54 Å². The van der Waals surface area contributed by atoms with Gasteiger partial charge < -0.3 is 5.73 Å². The quantitative estimate of drug-likeness (QED) is 0.709. The van der Waals surface area contributed by atoms with Gasteiger partial charge in [-0.1, -0.05) is 6.07 Å². The SMILES string of the molecule is Cc1ccc2ncc(CN)nc2c1. The van der Waals surface area contributed by atoms with E-state index in [-0.39, 0.29) is 0 Å². The fraction of sp³-hybridized carbons (Fsp3) is 0.200. The standard InChI is InChI=1S/C10H11N3/c1-7-2-3-9-10(4-7)13-8(5-11)6-12-9/h2-4,6H,5,11H2,1H3. The first-order valence-corrected chi connectivity index (χ1v) is 4.22. The van der Waals surface area contributed by atoms with Crippen molar-refractivity contribution in [3.63, 3.8) is 0 Å². The van der Waals surface area contributed by atoms with Crippen molar-refractivity contribution in [3.05, 3.63) is 35.7 Å². The van der Waals surface area contributed by atoms with E-state index in [0.29, 0.717) is 6.54 Å². The summed E-state index contributed by atoms with van der Waals surface area (Å²) in [4.78, 5) is 8.62. The summed E-state index contributed by atoms with van der Waals surface area (Å²) >= 11 is 0. The van der Waals surface area contributed by atoms with E-state index in [1.54, 1.807) is 6.20 Å². The highest BCUT2D eigenvalue weighted by Crippen LogP contribution is 2.11. The van der Waals surface area contributed by atoms with Gasteiger partial charge >= 0.3 is 0 Å². The minimum absolute atomic E-state index is 0.441. The molecule has 0 atom stereocenters. The third-order valence-electron chi connectivity index (χ3n) is 1.96. The average molecular weight is 173 g/mol. The molecule has 0 saturated carbocycles. The van der Waals surface area contributed by atoms with E-state index in [9.17, 15) is 0 Å². The lowest BCUT2D eigenvalue weighted by Crippen LogP contribution is -2.00. The zero-order valence-corrected chi connectivity index (χ0v) is 7.49. The van der Waals surface area contributed by atoms with Gasteiger partial charge in [0.1, 0.15) is 0 Å². The molecule has 1 heterocycles. The van der Waals surface area contributed by atoms with Crippen LogP contribution in [0.1, 0.15) is 11.3 Å². The molecule has 0 unspecified atom stereocenters. The Morgan fingerprint density at radius 1 is 1.31 bits per heavy atom. The minimum Gasteiger partial charge on any atom is -0.325 e. The summed E-state index contributed by atoms with van der Waals surface area (Å²) in [5, 5.41) is 0. The Balaban J connectivity index is 2.68. The number of aryl methyl sites for hydroxylation is 1. The van der Waals surface area contributed by atoms with E-state index in [1.165, 1.54) is 5.56 Å². The summed E-state index contributed by atoms with van der Waals surface area (Å²) in [6, 6.07) is 6.01. The van der Waals surface area contributed by atoms with Gasteiger partial charge in [-0.15, -0.1) is 0 Å². The van der Waals surface area contributed by atoms with E-state index in [4.69, 9.17) is 5.73 Å². The van der Waals surface area contributed by atoms with E-state index < -0.39 is 0 Å². The molecule has 0 aliphatic heterocycles. The maximum absolute atomic E-state index is 5.48. The molecule has 0 fully saturated rings. The van der Waals surface area contributed by atoms with Crippen LogP contribution in [0.15, 0.2) is 24.4 Å². The fourth-order valence-corrected chi connectivity index (χ4v) is 1.26. The molecule has 0 spiro atoms. The molecule has 0 bridgehead atoms. The second-order valence-corrected chi connectivity index (χ2v) is 3.06. The normalized spacial score (nSPS) is 10.6. The van der Waals surface area contributed by atoms with Crippen LogP contribution in [0.2, 0.25) is 0 Å². The number of fused-ring (bicyclic) bond motifs is 1. The van der Waals surface area contributed by atoms with Crippen molar-refractivity contribution >= 4 is 11.0 Å². The molecule has 2 aromatic rings. The lowest BCUT2D eigenvalue weighted by molar-refractivity contribution is 0.987. The summed E-state index contributed by atoms with van der Waals surface area (Å²) in [5.41, 5.74) is 9.34. The number of nitrogens with zero attached hydrogens (tertiary/aromatic N) is 2. The molecule has 1 aromatic heterocycles. The topological polar surface area (TPSA) is 51.8 Å². The molecule has 0 radical (unpaired) electrons. The maximum atomic E-state index is 5.48. The molecule has 0 saturated heterocycles. The van der Waals surface area contributed by atoms with Crippen molar-refractivity contribution < 1.29 is 0 Å². The van der Waals surface area contributed by atoms with Gasteiger partial charge in [-0.2, -0.15) is 0 Å². The van der Waals surface area contributed by atoms with E-state index in [0.717, 1.165) is 16.7 Å². The molecule has 2 rings (SSSR count). The molecule has 0 amide bonds. The zero-order valence-electron chi connectivity index (χ0n) is 7.49. The van der Waals surface area contributed by atoms with Gasteiger partial charge in [-0.3, -0.25) is 4.98 Å². The molecular weight excluding hydrogens is 162 g/mol. The minimum atomic E-state index is 0.441. The number of rotatable bonds is 1. The Kier molecular flexibility index (Phi) is 1.94.